The first-order chi connectivity index (χ1) is 11.6. The number of pyridine rings is 1. The van der Waals surface area contributed by atoms with Crippen molar-refractivity contribution in [1.82, 2.24) is 9.88 Å². The Kier molecular flexibility index (Phi) is 5.11. The molecule has 1 aromatic carbocycles. The van der Waals surface area contributed by atoms with Crippen LogP contribution in [-0.4, -0.2) is 42.0 Å². The second-order valence-corrected chi connectivity index (χ2v) is 6.41. The molecule has 2 aromatic rings. The number of likely N-dealkylation sites (N-methyl/N-ethyl adjacent to an activating group) is 1. The molecule has 0 aliphatic carbocycles. The molecule has 1 unspecified atom stereocenters. The Balaban J connectivity index is 1.67. The van der Waals surface area contributed by atoms with Gasteiger partial charge in [-0.2, -0.15) is 0 Å². The molecular formula is C19H24N4O. The van der Waals surface area contributed by atoms with E-state index in [1.54, 1.807) is 18.3 Å². The zero-order valence-electron chi connectivity index (χ0n) is 14.1. The second-order valence-electron chi connectivity index (χ2n) is 6.41. The third-order valence-corrected chi connectivity index (χ3v) is 4.65. The lowest BCUT2D eigenvalue weighted by molar-refractivity contribution is 0.1000. The van der Waals surface area contributed by atoms with Gasteiger partial charge in [0.05, 0.1) is 0 Å². The number of primary amides is 1. The Hall–Kier alpha value is -2.40. The summed E-state index contributed by atoms with van der Waals surface area (Å²) in [4.78, 5) is 20.5. The summed E-state index contributed by atoms with van der Waals surface area (Å²) >= 11 is 0. The first-order valence-corrected chi connectivity index (χ1v) is 8.38. The summed E-state index contributed by atoms with van der Waals surface area (Å²) in [5, 5.41) is 0. The average molecular weight is 324 g/mol. The molecule has 1 fully saturated rings. The minimum Gasteiger partial charge on any atom is -0.366 e. The molecular weight excluding hydrogens is 300 g/mol. The molecule has 3 rings (SSSR count). The predicted octanol–water partition coefficient (Wildman–Crippen LogP) is 2.28. The number of carbonyl (C=O) groups excluding carboxylic acids is 1. The van der Waals surface area contributed by atoms with E-state index in [9.17, 15) is 4.79 Å². The van der Waals surface area contributed by atoms with E-state index in [0.717, 1.165) is 31.9 Å². The molecule has 1 aliphatic rings. The van der Waals surface area contributed by atoms with Gasteiger partial charge in [-0.05, 0) is 37.6 Å². The van der Waals surface area contributed by atoms with Crippen molar-refractivity contribution in [2.75, 3.05) is 25.0 Å². The highest BCUT2D eigenvalue weighted by atomic mass is 16.1. The van der Waals surface area contributed by atoms with Gasteiger partial charge in [0.1, 0.15) is 5.82 Å². The number of hydrogen-bond donors (Lipinski definition) is 1. The maximum absolute atomic E-state index is 11.4. The van der Waals surface area contributed by atoms with Crippen molar-refractivity contribution in [3.05, 3.63) is 59.8 Å². The Morgan fingerprint density at radius 2 is 2.12 bits per heavy atom. The van der Waals surface area contributed by atoms with Gasteiger partial charge in [0.2, 0.25) is 5.91 Å². The summed E-state index contributed by atoms with van der Waals surface area (Å²) in [6.45, 7) is 2.82. The standard InChI is InChI=1S/C19H24N4O/c1-22(13-15-6-3-2-4-7-15)17-8-5-11-23(14-17)18-12-16(19(20)24)9-10-21-18/h2-4,6-7,9-10,12,17H,5,8,11,13-14H2,1H3,(H2,20,24). The number of aromatic nitrogens is 1. The Morgan fingerprint density at radius 3 is 2.88 bits per heavy atom. The second kappa shape index (κ2) is 7.45. The monoisotopic (exact) mass is 324 g/mol. The van der Waals surface area contributed by atoms with Crippen LogP contribution in [0.2, 0.25) is 0 Å². The lowest BCUT2D eigenvalue weighted by Crippen LogP contribution is -2.46. The molecule has 1 aliphatic heterocycles. The minimum absolute atomic E-state index is 0.409. The summed E-state index contributed by atoms with van der Waals surface area (Å²) in [5.41, 5.74) is 7.22. The molecule has 5 nitrogen and oxygen atoms in total. The fourth-order valence-corrected chi connectivity index (χ4v) is 3.27. The van der Waals surface area contributed by atoms with Gasteiger partial charge in [0.15, 0.2) is 0 Å². The van der Waals surface area contributed by atoms with Crippen LogP contribution in [0.3, 0.4) is 0 Å². The fourth-order valence-electron chi connectivity index (χ4n) is 3.27. The van der Waals surface area contributed by atoms with E-state index in [1.165, 1.54) is 12.0 Å². The molecule has 24 heavy (non-hydrogen) atoms. The van der Waals surface area contributed by atoms with Crippen LogP contribution in [0, 0.1) is 0 Å². The molecule has 126 valence electrons. The molecule has 0 saturated carbocycles. The lowest BCUT2D eigenvalue weighted by atomic mass is 10.0. The van der Waals surface area contributed by atoms with Crippen LogP contribution in [-0.2, 0) is 6.54 Å². The largest absolute Gasteiger partial charge is 0.366 e. The van der Waals surface area contributed by atoms with Crippen LogP contribution in [0.25, 0.3) is 0 Å². The zero-order valence-corrected chi connectivity index (χ0v) is 14.1. The van der Waals surface area contributed by atoms with Crippen molar-refractivity contribution in [2.45, 2.75) is 25.4 Å². The highest BCUT2D eigenvalue weighted by Crippen LogP contribution is 2.22. The number of amides is 1. The minimum atomic E-state index is -0.409. The third kappa shape index (κ3) is 3.92. The van der Waals surface area contributed by atoms with Crippen molar-refractivity contribution in [1.29, 1.82) is 0 Å². The number of carbonyl (C=O) groups is 1. The molecule has 2 heterocycles. The fraction of sp³-hybridized carbons (Fsp3) is 0.368. The van der Waals surface area contributed by atoms with Gasteiger partial charge >= 0.3 is 0 Å². The lowest BCUT2D eigenvalue weighted by Gasteiger charge is -2.38. The van der Waals surface area contributed by atoms with Crippen molar-refractivity contribution < 1.29 is 4.79 Å². The van der Waals surface area contributed by atoms with E-state index < -0.39 is 5.91 Å². The Labute approximate surface area is 143 Å². The number of benzene rings is 1. The molecule has 1 aromatic heterocycles. The number of nitrogens with two attached hydrogens (primary N) is 1. The highest BCUT2D eigenvalue weighted by molar-refractivity contribution is 5.93. The number of anilines is 1. The SMILES string of the molecule is CN(Cc1ccccc1)C1CCCN(c2cc(C(N)=O)ccn2)C1. The first-order valence-electron chi connectivity index (χ1n) is 8.38. The van der Waals surface area contributed by atoms with Crippen molar-refractivity contribution >= 4 is 11.7 Å². The van der Waals surface area contributed by atoms with E-state index >= 15 is 0 Å². The van der Waals surface area contributed by atoms with Crippen LogP contribution < -0.4 is 10.6 Å². The van der Waals surface area contributed by atoms with E-state index in [0.29, 0.717) is 11.6 Å². The first kappa shape index (κ1) is 16.5. The van der Waals surface area contributed by atoms with E-state index in [-0.39, 0.29) is 0 Å². The van der Waals surface area contributed by atoms with Crippen LogP contribution in [0.15, 0.2) is 48.7 Å². The van der Waals surface area contributed by atoms with Crippen molar-refractivity contribution in [2.24, 2.45) is 5.73 Å². The van der Waals surface area contributed by atoms with E-state index in [4.69, 9.17) is 5.73 Å². The molecule has 5 heteroatoms. The van der Waals surface area contributed by atoms with Crippen molar-refractivity contribution in [3.8, 4) is 0 Å². The number of nitrogens with zero attached hydrogens (tertiary/aromatic N) is 3. The number of rotatable bonds is 5. The summed E-state index contributed by atoms with van der Waals surface area (Å²) < 4.78 is 0. The molecule has 2 N–H and O–H groups in total. The molecule has 0 radical (unpaired) electrons. The van der Waals surface area contributed by atoms with Crippen LogP contribution in [0.1, 0.15) is 28.8 Å². The predicted molar refractivity (Wildman–Crippen MR) is 95.9 cm³/mol. The smallest absolute Gasteiger partial charge is 0.248 e. The van der Waals surface area contributed by atoms with E-state index in [2.05, 4.69) is 46.1 Å². The maximum Gasteiger partial charge on any atom is 0.248 e. The quantitative estimate of drug-likeness (QED) is 0.916. The van der Waals surface area contributed by atoms with Crippen LogP contribution >= 0.6 is 0 Å². The summed E-state index contributed by atoms with van der Waals surface area (Å²) in [6.07, 6.45) is 3.95. The van der Waals surface area contributed by atoms with Crippen LogP contribution in [0.4, 0.5) is 5.82 Å². The Morgan fingerprint density at radius 1 is 1.33 bits per heavy atom. The van der Waals surface area contributed by atoms with Gasteiger partial charge in [-0.3, -0.25) is 9.69 Å². The summed E-state index contributed by atoms with van der Waals surface area (Å²) in [6, 6.07) is 14.5. The molecule has 1 atom stereocenters. The summed E-state index contributed by atoms with van der Waals surface area (Å²) in [7, 11) is 2.18. The third-order valence-electron chi connectivity index (χ3n) is 4.65. The number of piperidine rings is 1. The van der Waals surface area contributed by atoms with Crippen molar-refractivity contribution in [3.63, 3.8) is 0 Å². The Bertz CT molecular complexity index is 689. The van der Waals surface area contributed by atoms with Gasteiger partial charge in [-0.25, -0.2) is 4.98 Å². The van der Waals surface area contributed by atoms with Gasteiger partial charge in [-0.1, -0.05) is 30.3 Å². The molecule has 0 spiro atoms. The average Bonchev–Trinajstić information content (AvgIpc) is 2.63. The molecule has 1 amide bonds. The molecule has 1 saturated heterocycles. The topological polar surface area (TPSA) is 62.5 Å². The zero-order chi connectivity index (χ0) is 16.9. The van der Waals surface area contributed by atoms with Gasteiger partial charge < -0.3 is 10.6 Å². The molecule has 0 bridgehead atoms. The van der Waals surface area contributed by atoms with Gasteiger partial charge in [0.25, 0.3) is 0 Å². The van der Waals surface area contributed by atoms with Gasteiger partial charge in [-0.15, -0.1) is 0 Å². The highest BCUT2D eigenvalue weighted by Gasteiger charge is 2.24. The van der Waals surface area contributed by atoms with Gasteiger partial charge in [0, 0.05) is 37.4 Å². The summed E-state index contributed by atoms with van der Waals surface area (Å²) in [5.74, 6) is 0.428. The van der Waals surface area contributed by atoms with E-state index in [1.807, 2.05) is 6.07 Å². The normalized spacial score (nSPS) is 17.9. The number of hydrogen-bond acceptors (Lipinski definition) is 4. The van der Waals surface area contributed by atoms with Crippen LogP contribution in [0.5, 0.6) is 0 Å². The maximum atomic E-state index is 11.4.